The maximum atomic E-state index is 9.64. The molecule has 1 unspecified atom stereocenters. The fourth-order valence-electron chi connectivity index (χ4n) is 3.42. The highest BCUT2D eigenvalue weighted by atomic mass is 16.3. The van der Waals surface area contributed by atoms with Crippen LogP contribution in [0.5, 0.6) is 5.75 Å². The van der Waals surface area contributed by atoms with Gasteiger partial charge in [0, 0.05) is 6.04 Å². The molecular weight excluding hydrogens is 210 g/mol. The van der Waals surface area contributed by atoms with Gasteiger partial charge in [-0.05, 0) is 48.6 Å². The molecule has 0 bridgehead atoms. The van der Waals surface area contributed by atoms with E-state index in [0.29, 0.717) is 11.8 Å². The number of aromatic hydroxyl groups is 1. The van der Waals surface area contributed by atoms with E-state index in [1.165, 1.54) is 43.2 Å². The Bertz CT molecular complexity index is 396. The van der Waals surface area contributed by atoms with E-state index in [1.54, 1.807) is 0 Å². The molecule has 1 atom stereocenters. The minimum absolute atomic E-state index is 0.406. The second-order valence-electron chi connectivity index (χ2n) is 5.53. The standard InChI is InChI=1S/C15H21NO/c17-13-6-5-12-7-8-16-15(14(12)10-13)9-11-3-1-2-4-11/h5-6,10-11,15-17H,1-4,7-9H2. The minimum atomic E-state index is 0.406. The maximum absolute atomic E-state index is 9.64. The van der Waals surface area contributed by atoms with E-state index in [-0.39, 0.29) is 0 Å². The highest BCUT2D eigenvalue weighted by molar-refractivity contribution is 5.38. The van der Waals surface area contributed by atoms with Crippen LogP contribution in [0, 0.1) is 5.92 Å². The molecule has 92 valence electrons. The first-order valence-electron chi connectivity index (χ1n) is 6.88. The molecule has 3 rings (SSSR count). The first kappa shape index (κ1) is 11.1. The van der Waals surface area contributed by atoms with E-state index in [1.807, 2.05) is 12.1 Å². The second kappa shape index (κ2) is 4.69. The Hall–Kier alpha value is -1.02. The zero-order chi connectivity index (χ0) is 11.7. The summed E-state index contributed by atoms with van der Waals surface area (Å²) in [5.74, 6) is 1.30. The molecule has 0 amide bonds. The summed E-state index contributed by atoms with van der Waals surface area (Å²) in [6.07, 6.45) is 7.94. The third-order valence-electron chi connectivity index (χ3n) is 4.33. The average molecular weight is 231 g/mol. The molecule has 1 saturated carbocycles. The molecule has 2 N–H and O–H groups in total. The molecule has 1 aliphatic heterocycles. The Balaban J connectivity index is 1.80. The van der Waals surface area contributed by atoms with Crippen molar-refractivity contribution < 1.29 is 5.11 Å². The van der Waals surface area contributed by atoms with E-state index in [4.69, 9.17) is 0 Å². The van der Waals surface area contributed by atoms with Crippen LogP contribution in [0.3, 0.4) is 0 Å². The Kier molecular flexibility index (Phi) is 3.06. The summed E-state index contributed by atoms with van der Waals surface area (Å²) in [4.78, 5) is 0. The Labute approximate surface area is 103 Å². The second-order valence-corrected chi connectivity index (χ2v) is 5.53. The number of nitrogens with one attached hydrogen (secondary N) is 1. The van der Waals surface area contributed by atoms with E-state index in [2.05, 4.69) is 11.4 Å². The number of phenolic OH excluding ortho intramolecular Hbond substituents is 1. The molecule has 1 aliphatic carbocycles. The van der Waals surface area contributed by atoms with Crippen molar-refractivity contribution >= 4 is 0 Å². The van der Waals surface area contributed by atoms with Crippen LogP contribution >= 0.6 is 0 Å². The van der Waals surface area contributed by atoms with Crippen LogP contribution in [0.25, 0.3) is 0 Å². The fraction of sp³-hybridized carbons (Fsp3) is 0.600. The first-order valence-corrected chi connectivity index (χ1v) is 6.88. The van der Waals surface area contributed by atoms with Gasteiger partial charge in [0.15, 0.2) is 0 Å². The number of phenols is 1. The predicted molar refractivity (Wildman–Crippen MR) is 69.1 cm³/mol. The summed E-state index contributed by atoms with van der Waals surface area (Å²) < 4.78 is 0. The van der Waals surface area contributed by atoms with Crippen molar-refractivity contribution in [2.75, 3.05) is 6.54 Å². The van der Waals surface area contributed by atoms with Gasteiger partial charge in [-0.2, -0.15) is 0 Å². The molecule has 1 aromatic rings. The largest absolute Gasteiger partial charge is 0.508 e. The SMILES string of the molecule is Oc1ccc2c(c1)C(CC1CCCC1)NCC2. The van der Waals surface area contributed by atoms with Crippen molar-refractivity contribution in [3.8, 4) is 5.75 Å². The van der Waals surface area contributed by atoms with E-state index in [9.17, 15) is 5.11 Å². The fourth-order valence-corrected chi connectivity index (χ4v) is 3.42. The lowest BCUT2D eigenvalue weighted by Crippen LogP contribution is -2.30. The van der Waals surface area contributed by atoms with Crippen LogP contribution in [0.2, 0.25) is 0 Å². The van der Waals surface area contributed by atoms with Crippen molar-refractivity contribution in [3.05, 3.63) is 29.3 Å². The minimum Gasteiger partial charge on any atom is -0.508 e. The van der Waals surface area contributed by atoms with Crippen molar-refractivity contribution in [2.24, 2.45) is 5.92 Å². The molecule has 0 aromatic heterocycles. The summed E-state index contributed by atoms with van der Waals surface area (Å²) in [5, 5.41) is 13.3. The monoisotopic (exact) mass is 231 g/mol. The third kappa shape index (κ3) is 2.32. The van der Waals surface area contributed by atoms with E-state index in [0.717, 1.165) is 18.9 Å². The van der Waals surface area contributed by atoms with Crippen LogP contribution in [-0.4, -0.2) is 11.7 Å². The van der Waals surface area contributed by atoms with Gasteiger partial charge >= 0.3 is 0 Å². The lowest BCUT2D eigenvalue weighted by atomic mass is 9.87. The molecule has 0 radical (unpaired) electrons. The number of hydrogen-bond acceptors (Lipinski definition) is 2. The quantitative estimate of drug-likeness (QED) is 0.819. The van der Waals surface area contributed by atoms with Gasteiger partial charge < -0.3 is 10.4 Å². The predicted octanol–water partition coefficient (Wildman–Crippen LogP) is 3.16. The van der Waals surface area contributed by atoms with Gasteiger partial charge in [0.25, 0.3) is 0 Å². The molecule has 1 heterocycles. The normalized spacial score (nSPS) is 24.8. The van der Waals surface area contributed by atoms with E-state index < -0.39 is 0 Å². The van der Waals surface area contributed by atoms with Gasteiger partial charge in [0.1, 0.15) is 5.75 Å². The molecule has 17 heavy (non-hydrogen) atoms. The molecular formula is C15H21NO. The van der Waals surface area contributed by atoms with Gasteiger partial charge in [-0.1, -0.05) is 31.7 Å². The Morgan fingerprint density at radius 3 is 2.88 bits per heavy atom. The molecule has 2 nitrogen and oxygen atoms in total. The molecule has 2 aliphatic rings. The van der Waals surface area contributed by atoms with Crippen molar-refractivity contribution in [1.29, 1.82) is 0 Å². The van der Waals surface area contributed by atoms with Crippen molar-refractivity contribution in [1.82, 2.24) is 5.32 Å². The van der Waals surface area contributed by atoms with Gasteiger partial charge in [-0.3, -0.25) is 0 Å². The number of fused-ring (bicyclic) bond motifs is 1. The smallest absolute Gasteiger partial charge is 0.115 e. The highest BCUT2D eigenvalue weighted by Gasteiger charge is 2.25. The Morgan fingerprint density at radius 1 is 1.24 bits per heavy atom. The zero-order valence-electron chi connectivity index (χ0n) is 10.3. The van der Waals surface area contributed by atoms with Crippen molar-refractivity contribution in [2.45, 2.75) is 44.6 Å². The van der Waals surface area contributed by atoms with Crippen LogP contribution in [-0.2, 0) is 6.42 Å². The summed E-state index contributed by atoms with van der Waals surface area (Å²) in [7, 11) is 0. The number of rotatable bonds is 2. The topological polar surface area (TPSA) is 32.3 Å². The van der Waals surface area contributed by atoms with Crippen LogP contribution in [0.4, 0.5) is 0 Å². The van der Waals surface area contributed by atoms with E-state index >= 15 is 0 Å². The number of hydrogen-bond donors (Lipinski definition) is 2. The van der Waals surface area contributed by atoms with Gasteiger partial charge in [-0.25, -0.2) is 0 Å². The number of benzene rings is 1. The summed E-state index contributed by atoms with van der Waals surface area (Å²) >= 11 is 0. The molecule has 0 saturated heterocycles. The highest BCUT2D eigenvalue weighted by Crippen LogP contribution is 2.36. The van der Waals surface area contributed by atoms with Crippen LogP contribution < -0.4 is 5.32 Å². The van der Waals surface area contributed by atoms with Crippen LogP contribution in [0.15, 0.2) is 18.2 Å². The summed E-state index contributed by atoms with van der Waals surface area (Å²) in [6.45, 7) is 1.08. The zero-order valence-corrected chi connectivity index (χ0v) is 10.3. The molecule has 1 fully saturated rings. The Morgan fingerprint density at radius 2 is 2.06 bits per heavy atom. The average Bonchev–Trinajstić information content (AvgIpc) is 2.83. The maximum Gasteiger partial charge on any atom is 0.115 e. The summed E-state index contributed by atoms with van der Waals surface area (Å²) in [5.41, 5.74) is 2.76. The van der Waals surface area contributed by atoms with Gasteiger partial charge in [0.2, 0.25) is 0 Å². The lowest BCUT2D eigenvalue weighted by molar-refractivity contribution is 0.381. The van der Waals surface area contributed by atoms with Gasteiger partial charge in [0.05, 0.1) is 0 Å². The molecule has 1 aromatic carbocycles. The molecule has 0 spiro atoms. The van der Waals surface area contributed by atoms with Crippen LogP contribution in [0.1, 0.15) is 49.3 Å². The van der Waals surface area contributed by atoms with Gasteiger partial charge in [-0.15, -0.1) is 0 Å². The first-order chi connectivity index (χ1) is 8.33. The lowest BCUT2D eigenvalue weighted by Gasteiger charge is -2.29. The molecule has 2 heteroatoms. The summed E-state index contributed by atoms with van der Waals surface area (Å²) in [6, 6.07) is 6.33. The van der Waals surface area contributed by atoms with Crippen molar-refractivity contribution in [3.63, 3.8) is 0 Å². The third-order valence-corrected chi connectivity index (χ3v) is 4.33.